The van der Waals surface area contributed by atoms with E-state index in [-0.39, 0.29) is 17.9 Å². The van der Waals surface area contributed by atoms with Gasteiger partial charge in [0.2, 0.25) is 5.91 Å². The first-order valence-electron chi connectivity index (χ1n) is 11.3. The number of benzene rings is 2. The van der Waals surface area contributed by atoms with E-state index in [1.54, 1.807) is 0 Å². The van der Waals surface area contributed by atoms with E-state index in [0.29, 0.717) is 22.8 Å². The van der Waals surface area contributed by atoms with Crippen LogP contribution in [0.4, 0.5) is 5.69 Å². The first-order valence-corrected chi connectivity index (χ1v) is 12.2. The Hall–Kier alpha value is -3.03. The average molecular weight is 463 g/mol. The number of likely N-dealkylation sites (tertiary alicyclic amines) is 1. The third-order valence-corrected chi connectivity index (χ3v) is 7.42. The second-order valence-corrected chi connectivity index (χ2v) is 9.55. The van der Waals surface area contributed by atoms with E-state index in [4.69, 9.17) is 0 Å². The summed E-state index contributed by atoms with van der Waals surface area (Å²) in [6.07, 6.45) is 4.24. The van der Waals surface area contributed by atoms with Crippen molar-refractivity contribution < 1.29 is 9.59 Å². The normalized spacial score (nSPS) is 21.0. The Morgan fingerprint density at radius 1 is 1.27 bits per heavy atom. The number of rotatable bonds is 6. The van der Waals surface area contributed by atoms with Crippen molar-refractivity contribution in [3.63, 3.8) is 0 Å². The lowest BCUT2D eigenvalue weighted by Crippen LogP contribution is -2.52. The van der Waals surface area contributed by atoms with Gasteiger partial charge in [-0.25, -0.2) is 4.98 Å². The van der Waals surface area contributed by atoms with Gasteiger partial charge in [-0.2, -0.15) is 0 Å². The molecule has 6 nitrogen and oxygen atoms in total. The van der Waals surface area contributed by atoms with Crippen molar-refractivity contribution >= 4 is 39.6 Å². The Balaban J connectivity index is 1.53. The van der Waals surface area contributed by atoms with E-state index in [1.807, 2.05) is 41.8 Å². The minimum Gasteiger partial charge on any atom is -0.347 e. The highest BCUT2D eigenvalue weighted by molar-refractivity contribution is 7.12. The lowest BCUT2D eigenvalue weighted by molar-refractivity contribution is -0.111. The maximum Gasteiger partial charge on any atom is 0.280 e. The van der Waals surface area contributed by atoms with E-state index < -0.39 is 0 Å². The van der Waals surface area contributed by atoms with Crippen molar-refractivity contribution in [3.05, 3.63) is 59.4 Å². The molecular formula is C26H30N4O2S. The monoisotopic (exact) mass is 462 g/mol. The molecule has 1 aliphatic rings. The third kappa shape index (κ3) is 4.99. The molecule has 2 N–H and O–H groups in total. The van der Waals surface area contributed by atoms with Crippen LogP contribution < -0.4 is 10.6 Å². The molecule has 1 aromatic heterocycles. The van der Waals surface area contributed by atoms with Gasteiger partial charge < -0.3 is 15.5 Å². The largest absolute Gasteiger partial charge is 0.347 e. The van der Waals surface area contributed by atoms with Crippen LogP contribution >= 0.6 is 11.3 Å². The highest BCUT2D eigenvalue weighted by Gasteiger charge is 2.31. The molecule has 1 fully saturated rings. The maximum atomic E-state index is 12.9. The Morgan fingerprint density at radius 3 is 2.85 bits per heavy atom. The van der Waals surface area contributed by atoms with Crippen LogP contribution in [0.5, 0.6) is 0 Å². The van der Waals surface area contributed by atoms with Crippen LogP contribution in [0.15, 0.2) is 54.4 Å². The van der Waals surface area contributed by atoms with Gasteiger partial charge in [-0.1, -0.05) is 37.8 Å². The Kier molecular flexibility index (Phi) is 6.91. The molecule has 3 unspecified atom stereocenters. The molecule has 2 aromatic carbocycles. The molecular weight excluding hydrogens is 432 g/mol. The SMILES string of the molecule is C=CC(=O)Nc1cccc2ccc(-c3csc(C(=O)NC4CC(C)N(C)C(CC)C4)n3)cc12. The van der Waals surface area contributed by atoms with Gasteiger partial charge in [0.1, 0.15) is 0 Å². The van der Waals surface area contributed by atoms with Crippen molar-refractivity contribution in [2.75, 3.05) is 12.4 Å². The Bertz CT molecular complexity index is 1190. The van der Waals surface area contributed by atoms with Gasteiger partial charge in [0.25, 0.3) is 5.91 Å². The molecule has 0 aliphatic carbocycles. The van der Waals surface area contributed by atoms with Gasteiger partial charge in [-0.05, 0) is 56.8 Å². The van der Waals surface area contributed by atoms with Crippen LogP contribution in [0.25, 0.3) is 22.0 Å². The molecule has 1 aliphatic heterocycles. The summed E-state index contributed by atoms with van der Waals surface area (Å²) in [4.78, 5) is 31.8. The molecule has 3 atom stereocenters. The van der Waals surface area contributed by atoms with Crippen molar-refractivity contribution in [2.24, 2.45) is 0 Å². The second kappa shape index (κ2) is 9.85. The molecule has 4 rings (SSSR count). The highest BCUT2D eigenvalue weighted by atomic mass is 32.1. The summed E-state index contributed by atoms with van der Waals surface area (Å²) in [5.41, 5.74) is 2.37. The minimum absolute atomic E-state index is 0.109. The van der Waals surface area contributed by atoms with E-state index >= 15 is 0 Å². The van der Waals surface area contributed by atoms with Crippen LogP contribution in [-0.4, -0.2) is 46.9 Å². The number of amides is 2. The van der Waals surface area contributed by atoms with E-state index in [2.05, 4.69) is 48.0 Å². The summed E-state index contributed by atoms with van der Waals surface area (Å²) in [6, 6.07) is 12.8. The lowest BCUT2D eigenvalue weighted by atomic mass is 9.91. The predicted molar refractivity (Wildman–Crippen MR) is 136 cm³/mol. The van der Waals surface area contributed by atoms with Crippen molar-refractivity contribution in [1.29, 1.82) is 0 Å². The highest BCUT2D eigenvalue weighted by Crippen LogP contribution is 2.30. The molecule has 7 heteroatoms. The van der Waals surface area contributed by atoms with Crippen LogP contribution in [0.3, 0.4) is 0 Å². The van der Waals surface area contributed by atoms with Gasteiger partial charge in [0, 0.05) is 40.1 Å². The Morgan fingerprint density at radius 2 is 2.09 bits per heavy atom. The van der Waals surface area contributed by atoms with Crippen LogP contribution in [0, 0.1) is 0 Å². The van der Waals surface area contributed by atoms with Gasteiger partial charge in [0.15, 0.2) is 5.01 Å². The summed E-state index contributed by atoms with van der Waals surface area (Å²) in [6.45, 7) is 7.93. The zero-order valence-corrected chi connectivity index (χ0v) is 20.1. The molecule has 0 bridgehead atoms. The number of fused-ring (bicyclic) bond motifs is 1. The molecule has 1 saturated heterocycles. The van der Waals surface area contributed by atoms with E-state index in [1.165, 1.54) is 17.4 Å². The van der Waals surface area contributed by atoms with E-state index in [0.717, 1.165) is 41.3 Å². The number of thiazole rings is 1. The standard InChI is InChI=1S/C26H30N4O2S/c1-5-20-14-19(12-16(3)30(20)4)27-25(32)26-29-23(15-33-26)18-11-10-17-8-7-9-22(21(17)13-18)28-24(31)6-2/h6-11,13,15-16,19-20H,2,5,12,14H2,1,3-4H3,(H,27,32)(H,28,31). The zero-order chi connectivity index (χ0) is 23.5. The van der Waals surface area contributed by atoms with Crippen LogP contribution in [0.1, 0.15) is 42.9 Å². The minimum atomic E-state index is -0.256. The number of hydrogen-bond donors (Lipinski definition) is 2. The summed E-state index contributed by atoms with van der Waals surface area (Å²) >= 11 is 1.36. The van der Waals surface area contributed by atoms with Gasteiger partial charge in [0.05, 0.1) is 5.69 Å². The number of nitrogens with zero attached hydrogens (tertiary/aromatic N) is 2. The number of carbonyl (C=O) groups excluding carboxylic acids is 2. The quantitative estimate of drug-likeness (QED) is 0.501. The predicted octanol–water partition coefficient (Wildman–Crippen LogP) is 5.08. The molecule has 0 spiro atoms. The average Bonchev–Trinajstić information content (AvgIpc) is 3.31. The first kappa shape index (κ1) is 23.1. The Labute approximate surface area is 198 Å². The number of carbonyl (C=O) groups is 2. The molecule has 2 amide bonds. The molecule has 0 radical (unpaired) electrons. The number of piperidine rings is 1. The first-order chi connectivity index (χ1) is 15.9. The second-order valence-electron chi connectivity index (χ2n) is 8.69. The number of anilines is 1. The van der Waals surface area contributed by atoms with Crippen molar-refractivity contribution in [2.45, 2.75) is 51.2 Å². The summed E-state index contributed by atoms with van der Waals surface area (Å²) in [7, 11) is 2.17. The van der Waals surface area contributed by atoms with Gasteiger partial charge in [-0.3, -0.25) is 9.59 Å². The zero-order valence-electron chi connectivity index (χ0n) is 19.3. The topological polar surface area (TPSA) is 74.3 Å². The number of nitrogens with one attached hydrogen (secondary N) is 2. The maximum absolute atomic E-state index is 12.9. The number of hydrogen-bond acceptors (Lipinski definition) is 5. The van der Waals surface area contributed by atoms with Crippen LogP contribution in [-0.2, 0) is 4.79 Å². The molecule has 2 heterocycles. The molecule has 0 saturated carbocycles. The summed E-state index contributed by atoms with van der Waals surface area (Å²) in [5, 5.41) is 10.4. The number of aromatic nitrogens is 1. The van der Waals surface area contributed by atoms with E-state index in [9.17, 15) is 9.59 Å². The van der Waals surface area contributed by atoms with Gasteiger partial charge >= 0.3 is 0 Å². The van der Waals surface area contributed by atoms with Gasteiger partial charge in [-0.15, -0.1) is 11.3 Å². The molecule has 172 valence electrons. The fourth-order valence-electron chi connectivity index (χ4n) is 4.58. The van der Waals surface area contributed by atoms with Crippen molar-refractivity contribution in [1.82, 2.24) is 15.2 Å². The van der Waals surface area contributed by atoms with Crippen LogP contribution in [0.2, 0.25) is 0 Å². The fourth-order valence-corrected chi connectivity index (χ4v) is 5.31. The molecule has 33 heavy (non-hydrogen) atoms. The van der Waals surface area contributed by atoms with Crippen molar-refractivity contribution in [3.8, 4) is 11.3 Å². The fraction of sp³-hybridized carbons (Fsp3) is 0.346. The summed E-state index contributed by atoms with van der Waals surface area (Å²) < 4.78 is 0. The smallest absolute Gasteiger partial charge is 0.280 e. The third-order valence-electron chi connectivity index (χ3n) is 6.58. The lowest BCUT2D eigenvalue weighted by Gasteiger charge is -2.41. The molecule has 3 aromatic rings. The summed E-state index contributed by atoms with van der Waals surface area (Å²) in [5.74, 6) is -0.364.